The normalized spacial score (nSPS) is 16.2. The summed E-state index contributed by atoms with van der Waals surface area (Å²) in [5.74, 6) is 1.83. The van der Waals surface area contributed by atoms with Crippen LogP contribution in [-0.4, -0.2) is 78.5 Å². The molecule has 0 unspecified atom stereocenters. The minimum absolute atomic E-state index is 0.105. The third-order valence-corrected chi connectivity index (χ3v) is 6.18. The molecular weight excluding hydrogens is 450 g/mol. The third kappa shape index (κ3) is 4.91. The van der Waals surface area contributed by atoms with Crippen molar-refractivity contribution in [1.29, 1.82) is 0 Å². The van der Waals surface area contributed by atoms with Gasteiger partial charge in [0.25, 0.3) is 5.91 Å². The smallest absolute Gasteiger partial charge is 0.282 e. The molecule has 0 spiro atoms. The zero-order valence-corrected chi connectivity index (χ0v) is 19.7. The van der Waals surface area contributed by atoms with Crippen LogP contribution in [0.1, 0.15) is 16.8 Å². The van der Waals surface area contributed by atoms with Crippen molar-refractivity contribution in [2.24, 2.45) is 4.99 Å². The van der Waals surface area contributed by atoms with Crippen LogP contribution in [0.5, 0.6) is 11.5 Å². The fraction of sp³-hybridized carbons (Fsp3) is 0.417. The summed E-state index contributed by atoms with van der Waals surface area (Å²) in [4.78, 5) is 27.3. The van der Waals surface area contributed by atoms with E-state index in [1.165, 1.54) is 12.4 Å². The molecule has 4 heterocycles. The van der Waals surface area contributed by atoms with Crippen LogP contribution in [0.2, 0.25) is 0 Å². The number of nitrogens with zero attached hydrogens (tertiary/aromatic N) is 5. The highest BCUT2D eigenvalue weighted by Crippen LogP contribution is 2.38. The summed E-state index contributed by atoms with van der Waals surface area (Å²) in [6.07, 6.45) is 3.66. The first-order valence-corrected chi connectivity index (χ1v) is 11.7. The van der Waals surface area contributed by atoms with Crippen LogP contribution in [0.4, 0.5) is 11.8 Å². The number of carbonyl (C=O) groups excluding carboxylic acids is 1. The van der Waals surface area contributed by atoms with Crippen molar-refractivity contribution in [3.8, 4) is 11.5 Å². The van der Waals surface area contributed by atoms with E-state index in [0.717, 1.165) is 62.4 Å². The van der Waals surface area contributed by atoms with Crippen molar-refractivity contribution in [3.63, 3.8) is 0 Å². The van der Waals surface area contributed by atoms with E-state index >= 15 is 0 Å². The number of ether oxygens (including phenoxy) is 3. The van der Waals surface area contributed by atoms with Crippen LogP contribution in [0.15, 0.2) is 35.6 Å². The highest BCUT2D eigenvalue weighted by molar-refractivity contribution is 5.99. The minimum atomic E-state index is -0.444. The molecule has 2 aliphatic rings. The van der Waals surface area contributed by atoms with Crippen molar-refractivity contribution in [1.82, 2.24) is 19.4 Å². The number of morpholine rings is 1. The standard InChI is InChI=1S/C24H29N7O4/c1-33-21-18-13-20(29-23(32)16-14-27-24(25)28-15-16)31-7-5-26-22(31)17(18)3-4-19(21)35-10-2-6-30-8-11-34-12-9-30/h3-4,13-15,26H,2,5-12H2,1H3,(H2,25,27,28). The first kappa shape index (κ1) is 23.1. The number of pyridine rings is 1. The molecule has 1 aromatic carbocycles. The summed E-state index contributed by atoms with van der Waals surface area (Å²) in [5.41, 5.74) is 6.32. The summed E-state index contributed by atoms with van der Waals surface area (Å²) in [6.45, 7) is 6.47. The highest BCUT2D eigenvalue weighted by atomic mass is 16.5. The van der Waals surface area contributed by atoms with Gasteiger partial charge in [-0.25, -0.2) is 9.97 Å². The first-order chi connectivity index (χ1) is 17.1. The van der Waals surface area contributed by atoms with Crippen LogP contribution in [0.3, 0.4) is 0 Å². The predicted octanol–water partition coefficient (Wildman–Crippen LogP) is 1.29. The Hall–Kier alpha value is -3.70. The molecule has 0 aliphatic carbocycles. The zero-order chi connectivity index (χ0) is 24.2. The molecule has 1 saturated heterocycles. The predicted molar refractivity (Wildman–Crippen MR) is 131 cm³/mol. The van der Waals surface area contributed by atoms with Crippen molar-refractivity contribution >= 4 is 28.4 Å². The molecule has 0 saturated carbocycles. The molecule has 2 aromatic heterocycles. The van der Waals surface area contributed by atoms with E-state index in [-0.39, 0.29) is 11.5 Å². The number of carbonyl (C=O) groups is 1. The number of anilines is 2. The van der Waals surface area contributed by atoms with Crippen molar-refractivity contribution < 1.29 is 19.0 Å². The lowest BCUT2D eigenvalue weighted by Gasteiger charge is -2.26. The molecule has 3 aromatic rings. The van der Waals surface area contributed by atoms with Gasteiger partial charge < -0.3 is 29.8 Å². The quantitative estimate of drug-likeness (QED) is 0.482. The van der Waals surface area contributed by atoms with E-state index in [0.29, 0.717) is 30.1 Å². The SMILES string of the molecule is COc1c(OCCCN2CCOCC2)ccc2c3n(c(=NC(=O)c4cnc(N)nc4)cc12)CCN3. The molecule has 5 rings (SSSR count). The number of amides is 1. The number of hydrogen-bond acceptors (Lipinski definition) is 9. The van der Waals surface area contributed by atoms with Crippen LogP contribution in [0, 0.1) is 0 Å². The van der Waals surface area contributed by atoms with E-state index < -0.39 is 5.91 Å². The van der Waals surface area contributed by atoms with Gasteiger partial charge in [0.1, 0.15) is 11.3 Å². The molecule has 11 nitrogen and oxygen atoms in total. The molecule has 1 fully saturated rings. The van der Waals surface area contributed by atoms with E-state index in [4.69, 9.17) is 19.9 Å². The van der Waals surface area contributed by atoms with Gasteiger partial charge in [-0.3, -0.25) is 9.69 Å². The Morgan fingerprint density at radius 3 is 2.77 bits per heavy atom. The summed E-state index contributed by atoms with van der Waals surface area (Å²) >= 11 is 0. The monoisotopic (exact) mass is 479 g/mol. The number of nitrogen functional groups attached to an aromatic ring is 1. The first-order valence-electron chi connectivity index (χ1n) is 11.7. The van der Waals surface area contributed by atoms with E-state index in [1.807, 2.05) is 22.8 Å². The van der Waals surface area contributed by atoms with Gasteiger partial charge >= 0.3 is 0 Å². The molecule has 35 heavy (non-hydrogen) atoms. The summed E-state index contributed by atoms with van der Waals surface area (Å²) < 4.78 is 19.3. The maximum Gasteiger partial charge on any atom is 0.282 e. The Morgan fingerprint density at radius 1 is 1.20 bits per heavy atom. The number of hydrogen-bond donors (Lipinski definition) is 2. The Kier molecular flexibility index (Phi) is 6.77. The second-order valence-electron chi connectivity index (χ2n) is 8.39. The fourth-order valence-corrected chi connectivity index (χ4v) is 4.43. The van der Waals surface area contributed by atoms with Crippen molar-refractivity contribution in [2.45, 2.75) is 13.0 Å². The van der Waals surface area contributed by atoms with Gasteiger partial charge in [0.05, 0.1) is 32.5 Å². The minimum Gasteiger partial charge on any atom is -0.492 e. The lowest BCUT2D eigenvalue weighted by Crippen LogP contribution is -2.37. The summed E-state index contributed by atoms with van der Waals surface area (Å²) in [5, 5.41) is 5.19. The van der Waals surface area contributed by atoms with Crippen molar-refractivity contribution in [3.05, 3.63) is 41.6 Å². The Morgan fingerprint density at radius 2 is 2.00 bits per heavy atom. The Balaban J connectivity index is 1.44. The lowest BCUT2D eigenvalue weighted by molar-refractivity contribution is 0.0357. The third-order valence-electron chi connectivity index (χ3n) is 6.18. The Labute approximate surface area is 202 Å². The molecular formula is C24H29N7O4. The van der Waals surface area contributed by atoms with Gasteiger partial charge in [0, 0.05) is 55.9 Å². The molecule has 3 N–H and O–H groups in total. The number of aromatic nitrogens is 3. The van der Waals surface area contributed by atoms with Gasteiger partial charge in [-0.05, 0) is 24.6 Å². The van der Waals surface area contributed by atoms with Gasteiger partial charge in [0.2, 0.25) is 5.95 Å². The van der Waals surface area contributed by atoms with E-state index in [1.54, 1.807) is 7.11 Å². The van der Waals surface area contributed by atoms with Crippen LogP contribution < -0.4 is 26.0 Å². The Bertz CT molecular complexity index is 1280. The van der Waals surface area contributed by atoms with Gasteiger partial charge in [-0.15, -0.1) is 0 Å². The number of rotatable bonds is 7. The molecule has 0 radical (unpaired) electrons. The molecule has 1 amide bonds. The maximum absolute atomic E-state index is 12.8. The van der Waals surface area contributed by atoms with Gasteiger partial charge in [-0.1, -0.05) is 0 Å². The highest BCUT2D eigenvalue weighted by Gasteiger charge is 2.20. The summed E-state index contributed by atoms with van der Waals surface area (Å²) in [6, 6.07) is 5.81. The van der Waals surface area contributed by atoms with Gasteiger partial charge in [0.15, 0.2) is 11.5 Å². The lowest BCUT2D eigenvalue weighted by atomic mass is 10.1. The van der Waals surface area contributed by atoms with Crippen molar-refractivity contribution in [2.75, 3.05) is 64.2 Å². The zero-order valence-electron chi connectivity index (χ0n) is 19.7. The maximum atomic E-state index is 12.8. The van der Waals surface area contributed by atoms with E-state index in [2.05, 4.69) is 25.2 Å². The van der Waals surface area contributed by atoms with Crippen LogP contribution in [-0.2, 0) is 11.3 Å². The number of benzene rings is 1. The second kappa shape index (κ2) is 10.3. The van der Waals surface area contributed by atoms with Crippen LogP contribution >= 0.6 is 0 Å². The number of methoxy groups -OCH3 is 1. The second-order valence-corrected chi connectivity index (χ2v) is 8.39. The van der Waals surface area contributed by atoms with Crippen LogP contribution in [0.25, 0.3) is 10.8 Å². The number of fused-ring (bicyclic) bond motifs is 3. The van der Waals surface area contributed by atoms with Gasteiger partial charge in [-0.2, -0.15) is 4.99 Å². The van der Waals surface area contributed by atoms with E-state index in [9.17, 15) is 4.79 Å². The fourth-order valence-electron chi connectivity index (χ4n) is 4.43. The molecule has 11 heteroatoms. The molecule has 0 bridgehead atoms. The number of nitrogens with one attached hydrogen (secondary N) is 1. The average Bonchev–Trinajstić information content (AvgIpc) is 3.38. The topological polar surface area (TPSA) is 129 Å². The molecule has 0 atom stereocenters. The number of nitrogens with two attached hydrogens (primary N) is 1. The molecule has 2 aliphatic heterocycles. The average molecular weight is 480 g/mol. The summed E-state index contributed by atoms with van der Waals surface area (Å²) in [7, 11) is 1.62. The largest absolute Gasteiger partial charge is 0.492 e. The molecule has 184 valence electrons.